The van der Waals surface area contributed by atoms with E-state index in [0.717, 1.165) is 23.1 Å². The van der Waals surface area contributed by atoms with Gasteiger partial charge in [-0.25, -0.2) is 0 Å². The fourth-order valence-corrected chi connectivity index (χ4v) is 2.32. The number of aryl methyl sites for hydroxylation is 2. The summed E-state index contributed by atoms with van der Waals surface area (Å²) in [5, 5.41) is 4.25. The molecule has 2 aromatic rings. The Morgan fingerprint density at radius 2 is 2.00 bits per heavy atom. The molecule has 19 heavy (non-hydrogen) atoms. The summed E-state index contributed by atoms with van der Waals surface area (Å²) in [6.45, 7) is 6.91. The van der Waals surface area contributed by atoms with Crippen LogP contribution in [0.5, 0.6) is 0 Å². The highest BCUT2D eigenvalue weighted by molar-refractivity contribution is 6.30. The highest BCUT2D eigenvalue weighted by Gasteiger charge is 2.11. The molecule has 0 saturated carbocycles. The zero-order chi connectivity index (χ0) is 13.1. The summed E-state index contributed by atoms with van der Waals surface area (Å²) in [7, 11) is 0. The van der Waals surface area contributed by atoms with E-state index in [1.165, 1.54) is 11.1 Å². The molecule has 0 aliphatic heterocycles. The molecule has 1 heterocycles. The fourth-order valence-electron chi connectivity index (χ4n) is 2.11. The van der Waals surface area contributed by atoms with E-state index in [1.54, 1.807) is 0 Å². The molecule has 104 valence electrons. The quantitative estimate of drug-likeness (QED) is 0.875. The predicted molar refractivity (Wildman–Crippen MR) is 82.1 cm³/mol. The minimum Gasteiger partial charge on any atom is -0.466 e. The fraction of sp³-hybridized carbons (Fsp3) is 0.333. The van der Waals surface area contributed by atoms with Gasteiger partial charge in [-0.05, 0) is 44.5 Å². The van der Waals surface area contributed by atoms with E-state index >= 15 is 0 Å². The maximum absolute atomic E-state index is 5.96. The van der Waals surface area contributed by atoms with Crippen molar-refractivity contribution in [2.24, 2.45) is 0 Å². The first kappa shape index (κ1) is 16.1. The van der Waals surface area contributed by atoms with Gasteiger partial charge in [0, 0.05) is 23.2 Å². The van der Waals surface area contributed by atoms with Gasteiger partial charge in [-0.2, -0.15) is 0 Å². The SMILES string of the molecule is Cc1cc(C(C)NCc2cccc(Cl)c2)c(C)o1.Cl. The smallest absolute Gasteiger partial charge is 0.105 e. The third-order valence-corrected chi connectivity index (χ3v) is 3.28. The van der Waals surface area contributed by atoms with Crippen molar-refractivity contribution in [2.45, 2.75) is 33.4 Å². The molecule has 1 unspecified atom stereocenters. The van der Waals surface area contributed by atoms with Crippen LogP contribution in [-0.4, -0.2) is 0 Å². The molecule has 1 atom stereocenters. The lowest BCUT2D eigenvalue weighted by Crippen LogP contribution is -2.18. The van der Waals surface area contributed by atoms with Gasteiger partial charge < -0.3 is 9.73 Å². The van der Waals surface area contributed by atoms with Crippen molar-refractivity contribution < 1.29 is 4.42 Å². The Morgan fingerprint density at radius 3 is 2.58 bits per heavy atom. The van der Waals surface area contributed by atoms with E-state index in [-0.39, 0.29) is 18.4 Å². The third kappa shape index (κ3) is 4.27. The van der Waals surface area contributed by atoms with Gasteiger partial charge >= 0.3 is 0 Å². The highest BCUT2D eigenvalue weighted by Crippen LogP contribution is 2.21. The standard InChI is InChI=1S/C15H18ClNO.ClH/c1-10-7-15(12(3)18-10)11(2)17-9-13-5-4-6-14(16)8-13;/h4-8,11,17H,9H2,1-3H3;1H. The molecule has 0 saturated heterocycles. The Balaban J connectivity index is 0.00000180. The van der Waals surface area contributed by atoms with Crippen LogP contribution in [0.25, 0.3) is 0 Å². The second kappa shape index (κ2) is 6.99. The molecule has 2 nitrogen and oxygen atoms in total. The van der Waals surface area contributed by atoms with Gasteiger partial charge in [0.2, 0.25) is 0 Å². The van der Waals surface area contributed by atoms with Crippen molar-refractivity contribution in [1.82, 2.24) is 5.32 Å². The number of halogens is 2. The zero-order valence-electron chi connectivity index (χ0n) is 11.4. The van der Waals surface area contributed by atoms with Crippen molar-refractivity contribution in [1.29, 1.82) is 0 Å². The summed E-state index contributed by atoms with van der Waals surface area (Å²) in [4.78, 5) is 0. The lowest BCUT2D eigenvalue weighted by molar-refractivity contribution is 0.489. The van der Waals surface area contributed by atoms with Crippen molar-refractivity contribution in [3.8, 4) is 0 Å². The Kier molecular flexibility index (Phi) is 5.92. The topological polar surface area (TPSA) is 25.2 Å². The Labute approximate surface area is 125 Å². The van der Waals surface area contributed by atoms with Gasteiger partial charge in [-0.1, -0.05) is 23.7 Å². The number of hydrogen-bond acceptors (Lipinski definition) is 2. The van der Waals surface area contributed by atoms with Crippen molar-refractivity contribution in [2.75, 3.05) is 0 Å². The number of nitrogens with one attached hydrogen (secondary N) is 1. The number of hydrogen-bond donors (Lipinski definition) is 1. The number of furan rings is 1. The average Bonchev–Trinajstić information content (AvgIpc) is 2.66. The molecule has 0 fully saturated rings. The normalized spacial score (nSPS) is 12.0. The van der Waals surface area contributed by atoms with Gasteiger partial charge in [0.1, 0.15) is 11.5 Å². The first-order valence-corrected chi connectivity index (χ1v) is 6.49. The minimum atomic E-state index is 0. The van der Waals surface area contributed by atoms with Crippen LogP contribution in [0.3, 0.4) is 0 Å². The van der Waals surface area contributed by atoms with E-state index in [9.17, 15) is 0 Å². The summed E-state index contributed by atoms with van der Waals surface area (Å²) in [6.07, 6.45) is 0. The average molecular weight is 300 g/mol. The zero-order valence-corrected chi connectivity index (χ0v) is 12.9. The maximum Gasteiger partial charge on any atom is 0.105 e. The summed E-state index contributed by atoms with van der Waals surface area (Å²) in [5.74, 6) is 1.94. The summed E-state index contributed by atoms with van der Waals surface area (Å²) < 4.78 is 5.55. The van der Waals surface area contributed by atoms with Crippen LogP contribution in [0, 0.1) is 13.8 Å². The molecule has 0 aliphatic rings. The van der Waals surface area contributed by atoms with Gasteiger partial charge in [0.25, 0.3) is 0 Å². The van der Waals surface area contributed by atoms with Gasteiger partial charge in [-0.3, -0.25) is 0 Å². The highest BCUT2D eigenvalue weighted by atomic mass is 35.5. The lowest BCUT2D eigenvalue weighted by atomic mass is 10.1. The summed E-state index contributed by atoms with van der Waals surface area (Å²) in [6, 6.07) is 10.3. The maximum atomic E-state index is 5.96. The van der Waals surface area contributed by atoms with Crippen LogP contribution in [0.2, 0.25) is 5.02 Å². The minimum absolute atomic E-state index is 0. The second-order valence-corrected chi connectivity index (χ2v) is 5.04. The van der Waals surface area contributed by atoms with Crippen molar-refractivity contribution in [3.63, 3.8) is 0 Å². The first-order chi connectivity index (χ1) is 8.56. The van der Waals surface area contributed by atoms with Gasteiger partial charge in [0.15, 0.2) is 0 Å². The Hall–Kier alpha value is -0.960. The van der Waals surface area contributed by atoms with Gasteiger partial charge in [0.05, 0.1) is 0 Å². The van der Waals surface area contributed by atoms with Crippen LogP contribution < -0.4 is 5.32 Å². The van der Waals surface area contributed by atoms with Gasteiger partial charge in [-0.15, -0.1) is 12.4 Å². The Morgan fingerprint density at radius 1 is 1.26 bits per heavy atom. The molecule has 1 N–H and O–H groups in total. The van der Waals surface area contributed by atoms with Crippen LogP contribution in [0.4, 0.5) is 0 Å². The van der Waals surface area contributed by atoms with E-state index in [4.69, 9.17) is 16.0 Å². The van der Waals surface area contributed by atoms with Crippen LogP contribution >= 0.6 is 24.0 Å². The summed E-state index contributed by atoms with van der Waals surface area (Å²) in [5.41, 5.74) is 2.40. The van der Waals surface area contributed by atoms with E-state index < -0.39 is 0 Å². The predicted octanol–water partition coefficient (Wildman–Crippen LogP) is 4.82. The van der Waals surface area contributed by atoms with E-state index in [0.29, 0.717) is 0 Å². The molecule has 0 bridgehead atoms. The monoisotopic (exact) mass is 299 g/mol. The summed E-state index contributed by atoms with van der Waals surface area (Å²) >= 11 is 5.96. The lowest BCUT2D eigenvalue weighted by Gasteiger charge is -2.13. The van der Waals surface area contributed by atoms with Crippen LogP contribution in [0.15, 0.2) is 34.7 Å². The van der Waals surface area contributed by atoms with Crippen molar-refractivity contribution >= 4 is 24.0 Å². The largest absolute Gasteiger partial charge is 0.466 e. The van der Waals surface area contributed by atoms with E-state index in [2.05, 4.69) is 24.4 Å². The molecular formula is C15H19Cl2NO. The second-order valence-electron chi connectivity index (χ2n) is 4.60. The third-order valence-electron chi connectivity index (χ3n) is 3.05. The van der Waals surface area contributed by atoms with Crippen molar-refractivity contribution in [3.05, 3.63) is 58.0 Å². The molecule has 0 amide bonds. The molecule has 1 aromatic carbocycles. The number of rotatable bonds is 4. The van der Waals surface area contributed by atoms with Crippen LogP contribution in [0.1, 0.15) is 35.6 Å². The molecule has 0 aliphatic carbocycles. The van der Waals surface area contributed by atoms with E-state index in [1.807, 2.05) is 32.0 Å². The number of benzene rings is 1. The molecule has 4 heteroatoms. The van der Waals surface area contributed by atoms with Crippen LogP contribution in [-0.2, 0) is 6.54 Å². The molecule has 2 rings (SSSR count). The Bertz CT molecular complexity index is 537. The molecule has 0 spiro atoms. The first-order valence-electron chi connectivity index (χ1n) is 6.11. The molecule has 0 radical (unpaired) electrons. The molecular weight excluding hydrogens is 281 g/mol. The molecule has 1 aromatic heterocycles.